The average Bonchev–Trinajstić information content (AvgIpc) is 3.25. The molecule has 1 saturated carbocycles. The molecule has 4 heteroatoms. The predicted octanol–water partition coefficient (Wildman–Crippen LogP) is 3.01. The monoisotopic (exact) mass is 274 g/mol. The van der Waals surface area contributed by atoms with Crippen molar-refractivity contribution in [3.05, 3.63) is 24.3 Å². The van der Waals surface area contributed by atoms with Crippen LogP contribution in [0.5, 0.6) is 0 Å². The van der Waals surface area contributed by atoms with Gasteiger partial charge in [-0.2, -0.15) is 0 Å². The highest BCUT2D eigenvalue weighted by Gasteiger charge is 2.29. The Balaban J connectivity index is 1.54. The second-order valence-corrected chi connectivity index (χ2v) is 5.89. The van der Waals surface area contributed by atoms with Gasteiger partial charge in [0.15, 0.2) is 0 Å². The fraction of sp³-hybridized carbons (Fsp3) is 0.562. The maximum Gasteiger partial charge on any atom is 0.227 e. The van der Waals surface area contributed by atoms with Gasteiger partial charge in [-0.1, -0.05) is 0 Å². The van der Waals surface area contributed by atoms with E-state index in [0.717, 1.165) is 43.7 Å². The van der Waals surface area contributed by atoms with E-state index in [-0.39, 0.29) is 11.8 Å². The molecule has 4 nitrogen and oxygen atoms in total. The van der Waals surface area contributed by atoms with E-state index in [2.05, 4.69) is 17.6 Å². The number of anilines is 2. The molecule has 1 heterocycles. The molecule has 108 valence electrons. The molecular weight excluding hydrogens is 252 g/mol. The summed E-state index contributed by atoms with van der Waals surface area (Å²) in [4.78, 5) is 11.7. The van der Waals surface area contributed by atoms with Crippen LogP contribution >= 0.6 is 0 Å². The van der Waals surface area contributed by atoms with Crippen LogP contribution in [-0.4, -0.2) is 24.7 Å². The molecule has 1 aliphatic heterocycles. The molecule has 2 fully saturated rings. The van der Waals surface area contributed by atoms with Crippen LogP contribution in [0.25, 0.3) is 0 Å². The van der Waals surface area contributed by atoms with Crippen molar-refractivity contribution < 1.29 is 9.53 Å². The first-order chi connectivity index (χ1) is 9.70. The number of carbonyl (C=O) groups is 1. The first-order valence-corrected chi connectivity index (χ1v) is 7.50. The van der Waals surface area contributed by atoms with Crippen LogP contribution < -0.4 is 10.6 Å². The maximum atomic E-state index is 11.7. The summed E-state index contributed by atoms with van der Waals surface area (Å²) in [5.74, 6) is 0.403. The van der Waals surface area contributed by atoms with Crippen LogP contribution in [0.4, 0.5) is 11.4 Å². The summed E-state index contributed by atoms with van der Waals surface area (Å²) in [5.41, 5.74) is 1.99. The van der Waals surface area contributed by atoms with E-state index in [1.807, 2.05) is 24.3 Å². The van der Waals surface area contributed by atoms with Crippen molar-refractivity contribution in [2.24, 2.45) is 5.92 Å². The van der Waals surface area contributed by atoms with E-state index in [4.69, 9.17) is 4.74 Å². The summed E-state index contributed by atoms with van der Waals surface area (Å²) in [6.07, 6.45) is 4.49. The summed E-state index contributed by atoms with van der Waals surface area (Å²) in [6.45, 7) is 2.94. The van der Waals surface area contributed by atoms with Crippen molar-refractivity contribution in [2.45, 2.75) is 44.8 Å². The van der Waals surface area contributed by atoms with Gasteiger partial charge in [0, 0.05) is 29.9 Å². The third-order valence-corrected chi connectivity index (χ3v) is 3.96. The van der Waals surface area contributed by atoms with Crippen LogP contribution in [-0.2, 0) is 9.53 Å². The Hall–Kier alpha value is -1.55. The lowest BCUT2D eigenvalue weighted by Crippen LogP contribution is -2.32. The molecule has 3 rings (SSSR count). The first-order valence-electron chi connectivity index (χ1n) is 7.50. The highest BCUT2D eigenvalue weighted by molar-refractivity contribution is 5.94. The molecule has 2 unspecified atom stereocenters. The van der Waals surface area contributed by atoms with Crippen molar-refractivity contribution in [3.8, 4) is 0 Å². The number of nitrogens with one attached hydrogen (secondary N) is 2. The van der Waals surface area contributed by atoms with E-state index >= 15 is 0 Å². The van der Waals surface area contributed by atoms with Crippen LogP contribution in [0.2, 0.25) is 0 Å². The Bertz CT molecular complexity index is 468. The van der Waals surface area contributed by atoms with Crippen LogP contribution in [0, 0.1) is 5.92 Å². The number of ether oxygens (including phenoxy) is 1. The van der Waals surface area contributed by atoms with Gasteiger partial charge in [-0.3, -0.25) is 4.79 Å². The zero-order valence-corrected chi connectivity index (χ0v) is 11.9. The molecule has 2 atom stereocenters. The second-order valence-electron chi connectivity index (χ2n) is 5.89. The third-order valence-electron chi connectivity index (χ3n) is 3.96. The van der Waals surface area contributed by atoms with Gasteiger partial charge in [0.25, 0.3) is 0 Å². The van der Waals surface area contributed by atoms with Gasteiger partial charge in [-0.15, -0.1) is 0 Å². The first kappa shape index (κ1) is 13.4. The van der Waals surface area contributed by atoms with E-state index in [0.29, 0.717) is 12.1 Å². The minimum absolute atomic E-state index is 0.156. The lowest BCUT2D eigenvalue weighted by atomic mass is 10.0. The molecule has 20 heavy (non-hydrogen) atoms. The van der Waals surface area contributed by atoms with Crippen LogP contribution in [0.3, 0.4) is 0 Å². The topological polar surface area (TPSA) is 50.4 Å². The summed E-state index contributed by atoms with van der Waals surface area (Å²) in [6, 6.07) is 8.47. The molecule has 1 aromatic carbocycles. The van der Waals surface area contributed by atoms with Gasteiger partial charge in [0.05, 0.1) is 6.10 Å². The second kappa shape index (κ2) is 5.83. The Morgan fingerprint density at radius 2 is 1.85 bits per heavy atom. The lowest BCUT2D eigenvalue weighted by molar-refractivity contribution is -0.117. The third kappa shape index (κ3) is 3.51. The van der Waals surface area contributed by atoms with E-state index in [1.54, 1.807) is 0 Å². The van der Waals surface area contributed by atoms with Gasteiger partial charge < -0.3 is 15.4 Å². The largest absolute Gasteiger partial charge is 0.382 e. The number of hydrogen-bond acceptors (Lipinski definition) is 3. The molecule has 0 bridgehead atoms. The maximum absolute atomic E-state index is 11.7. The van der Waals surface area contributed by atoms with Gasteiger partial charge in [0.1, 0.15) is 0 Å². The summed E-state index contributed by atoms with van der Waals surface area (Å²) >= 11 is 0. The van der Waals surface area contributed by atoms with Crippen LogP contribution in [0.15, 0.2) is 24.3 Å². The zero-order valence-electron chi connectivity index (χ0n) is 11.9. The molecule has 0 radical (unpaired) electrons. The number of carbonyl (C=O) groups excluding carboxylic acids is 1. The lowest BCUT2D eigenvalue weighted by Gasteiger charge is -2.28. The number of benzene rings is 1. The Morgan fingerprint density at radius 1 is 1.15 bits per heavy atom. The molecule has 0 spiro atoms. The van der Waals surface area contributed by atoms with E-state index in [1.165, 1.54) is 0 Å². The normalized spacial score (nSPS) is 26.1. The molecule has 1 saturated heterocycles. The van der Waals surface area contributed by atoms with Gasteiger partial charge in [-0.25, -0.2) is 0 Å². The summed E-state index contributed by atoms with van der Waals surface area (Å²) in [5, 5.41) is 6.49. The van der Waals surface area contributed by atoms with Crippen molar-refractivity contribution in [2.75, 3.05) is 17.2 Å². The Kier molecular flexibility index (Phi) is 3.92. The van der Waals surface area contributed by atoms with E-state index in [9.17, 15) is 4.79 Å². The summed E-state index contributed by atoms with van der Waals surface area (Å²) in [7, 11) is 0. The smallest absolute Gasteiger partial charge is 0.227 e. The van der Waals surface area contributed by atoms with Crippen LogP contribution in [0.1, 0.15) is 32.6 Å². The highest BCUT2D eigenvalue weighted by atomic mass is 16.5. The van der Waals surface area contributed by atoms with Gasteiger partial charge in [-0.05, 0) is 56.9 Å². The SMILES string of the molecule is CC1CC(Nc2ccc(NC(=O)C3CC3)cc2)CCO1. The fourth-order valence-electron chi connectivity index (χ4n) is 2.60. The predicted molar refractivity (Wildman–Crippen MR) is 79.9 cm³/mol. The molecule has 2 N–H and O–H groups in total. The minimum Gasteiger partial charge on any atom is -0.382 e. The average molecular weight is 274 g/mol. The molecular formula is C16H22N2O2. The van der Waals surface area contributed by atoms with Crippen molar-refractivity contribution in [3.63, 3.8) is 0 Å². The van der Waals surface area contributed by atoms with Crippen molar-refractivity contribution in [1.29, 1.82) is 0 Å². The Morgan fingerprint density at radius 3 is 2.50 bits per heavy atom. The quantitative estimate of drug-likeness (QED) is 0.887. The van der Waals surface area contributed by atoms with Gasteiger partial charge >= 0.3 is 0 Å². The fourth-order valence-corrected chi connectivity index (χ4v) is 2.60. The number of rotatable bonds is 4. The van der Waals surface area contributed by atoms with Crippen molar-refractivity contribution >= 4 is 17.3 Å². The standard InChI is InChI=1S/C16H22N2O2/c1-11-10-15(8-9-20-11)17-13-4-6-14(7-5-13)18-16(19)12-2-3-12/h4-7,11-12,15,17H,2-3,8-10H2,1H3,(H,18,19). The molecule has 0 aromatic heterocycles. The molecule has 2 aliphatic rings. The van der Waals surface area contributed by atoms with E-state index < -0.39 is 0 Å². The van der Waals surface area contributed by atoms with Gasteiger partial charge in [0.2, 0.25) is 5.91 Å². The molecule has 1 amide bonds. The number of hydrogen-bond donors (Lipinski definition) is 2. The summed E-state index contributed by atoms with van der Waals surface area (Å²) < 4.78 is 5.55. The zero-order chi connectivity index (χ0) is 13.9. The number of amides is 1. The Labute approximate surface area is 119 Å². The van der Waals surface area contributed by atoms with Crippen molar-refractivity contribution in [1.82, 2.24) is 0 Å². The highest BCUT2D eigenvalue weighted by Crippen LogP contribution is 2.30. The molecule has 1 aliphatic carbocycles. The minimum atomic E-state index is 0.156. The molecule has 1 aromatic rings.